The van der Waals surface area contributed by atoms with Gasteiger partial charge in [-0.25, -0.2) is 4.79 Å². The second kappa shape index (κ2) is 7.09. The fourth-order valence-electron chi connectivity index (χ4n) is 1.44. The molecule has 0 heterocycles. The number of halogens is 3. The zero-order chi connectivity index (χ0) is 18.1. The fourth-order valence-corrected chi connectivity index (χ4v) is 2.62. The summed E-state index contributed by atoms with van der Waals surface area (Å²) < 4.78 is 9.30. The van der Waals surface area contributed by atoms with E-state index in [1.54, 1.807) is 0 Å². The van der Waals surface area contributed by atoms with E-state index in [-0.39, 0.29) is 23.0 Å². The number of benzene rings is 1. The number of phenols is 1. The molecule has 0 aliphatic heterocycles. The Kier molecular flexibility index (Phi) is 6.30. The zero-order valence-corrected chi connectivity index (χ0v) is 17.0. The normalized spacial score (nSPS) is 12.9. The molecule has 0 bridgehead atoms. The molecule has 0 spiro atoms. The van der Waals surface area contributed by atoms with Crippen LogP contribution in [-0.2, 0) is 4.74 Å². The first-order chi connectivity index (χ1) is 10.2. The Morgan fingerprint density at radius 2 is 1.74 bits per heavy atom. The maximum Gasteiger partial charge on any atom is 0.338 e. The van der Waals surface area contributed by atoms with Gasteiger partial charge >= 0.3 is 5.97 Å². The number of ether oxygens (including phenoxy) is 1. The Labute approximate surface area is 152 Å². The summed E-state index contributed by atoms with van der Waals surface area (Å²) in [4.78, 5) is 12.0. The van der Waals surface area contributed by atoms with Crippen molar-refractivity contribution in [2.24, 2.45) is 0 Å². The van der Waals surface area contributed by atoms with E-state index in [0.29, 0.717) is 5.75 Å². The summed E-state index contributed by atoms with van der Waals surface area (Å²) in [5.74, 6) is -0.383. The number of esters is 1. The molecule has 0 aromatic heterocycles. The second-order valence-corrected chi connectivity index (χ2v) is 14.0. The van der Waals surface area contributed by atoms with Gasteiger partial charge in [-0.05, 0) is 30.3 Å². The summed E-state index contributed by atoms with van der Waals surface area (Å²) in [6.45, 7) is 10.0. The van der Waals surface area contributed by atoms with E-state index in [0.717, 1.165) is 0 Å². The lowest BCUT2D eigenvalue weighted by atomic mass is 10.2. The number of hydrogen-bond donors (Lipinski definition) is 1. The Balaban J connectivity index is 2.98. The Morgan fingerprint density at radius 1 is 1.17 bits per heavy atom. The second-order valence-electron chi connectivity index (χ2n) is 6.77. The molecule has 1 rings (SSSR count). The molecule has 0 aliphatic rings. The van der Waals surface area contributed by atoms with Crippen molar-refractivity contribution in [3.05, 3.63) is 23.8 Å². The predicted octanol–water partition coefficient (Wildman–Crippen LogP) is 5.30. The predicted molar refractivity (Wildman–Crippen MR) is 96.5 cm³/mol. The van der Waals surface area contributed by atoms with Crippen LogP contribution in [0.25, 0.3) is 0 Å². The third-order valence-corrected chi connectivity index (χ3v) is 8.36. The largest absolute Gasteiger partial charge is 0.543 e. The van der Waals surface area contributed by atoms with Crippen molar-refractivity contribution in [2.45, 2.75) is 42.7 Å². The van der Waals surface area contributed by atoms with Gasteiger partial charge in [0.1, 0.15) is 18.1 Å². The fraction of sp³-hybridized carbons (Fsp3) is 0.533. The summed E-state index contributed by atoms with van der Waals surface area (Å²) in [5, 5.41) is 9.80. The van der Waals surface area contributed by atoms with E-state index in [9.17, 15) is 9.90 Å². The molecule has 4 nitrogen and oxygen atoms in total. The number of carbonyl (C=O) groups excluding carboxylic acids is 1. The van der Waals surface area contributed by atoms with Gasteiger partial charge in [0, 0.05) is 6.07 Å². The van der Waals surface area contributed by atoms with E-state index in [1.807, 2.05) is 0 Å². The van der Waals surface area contributed by atoms with Crippen LogP contribution < -0.4 is 4.43 Å². The lowest BCUT2D eigenvalue weighted by molar-refractivity contribution is 0.0511. The van der Waals surface area contributed by atoms with Gasteiger partial charge in [0.2, 0.25) is 12.1 Å². The SMILES string of the molecule is CC(C)(C)[Si](C)(C)Oc1cc(O)cc(C(=O)OCC(Cl)(Cl)Cl)c1. The third-order valence-electron chi connectivity index (χ3n) is 3.67. The van der Waals surface area contributed by atoms with E-state index < -0.39 is 18.1 Å². The molecule has 23 heavy (non-hydrogen) atoms. The molecule has 1 N–H and O–H groups in total. The summed E-state index contributed by atoms with van der Waals surface area (Å²) in [6.07, 6.45) is 0. The minimum atomic E-state index is -2.10. The van der Waals surface area contributed by atoms with Crippen LogP contribution in [0.4, 0.5) is 0 Å². The first-order valence-corrected chi connectivity index (χ1v) is 11.0. The highest BCUT2D eigenvalue weighted by atomic mass is 35.6. The molecule has 8 heteroatoms. The molecular formula is C15H21Cl3O4Si. The van der Waals surface area contributed by atoms with E-state index in [2.05, 4.69) is 33.9 Å². The van der Waals surface area contributed by atoms with Gasteiger partial charge in [-0.15, -0.1) is 0 Å². The average molecular weight is 400 g/mol. The standard InChI is InChI=1S/C15H21Cl3O4Si/c1-14(2,3)23(4,5)22-12-7-10(6-11(19)8-12)13(20)21-9-15(16,17)18/h6-8,19H,9H2,1-5H3. The molecule has 0 fully saturated rings. The third kappa shape index (κ3) is 6.41. The molecule has 0 saturated carbocycles. The van der Waals surface area contributed by atoms with E-state index >= 15 is 0 Å². The Bertz CT molecular complexity index is 577. The summed E-state index contributed by atoms with van der Waals surface area (Å²) in [5.41, 5.74) is 0.132. The van der Waals surface area contributed by atoms with Crippen molar-refractivity contribution >= 4 is 49.1 Å². The lowest BCUT2D eigenvalue weighted by Gasteiger charge is -2.36. The topological polar surface area (TPSA) is 55.8 Å². The summed E-state index contributed by atoms with van der Waals surface area (Å²) in [7, 11) is -2.10. The quantitative estimate of drug-likeness (QED) is 0.424. The van der Waals surface area contributed by atoms with E-state index in [4.69, 9.17) is 44.0 Å². The summed E-state index contributed by atoms with van der Waals surface area (Å²) >= 11 is 16.6. The van der Waals surface area contributed by atoms with Gasteiger partial charge in [-0.3, -0.25) is 0 Å². The highest BCUT2D eigenvalue weighted by Crippen LogP contribution is 2.38. The van der Waals surface area contributed by atoms with Crippen LogP contribution >= 0.6 is 34.8 Å². The van der Waals surface area contributed by atoms with Gasteiger partial charge in [-0.1, -0.05) is 55.6 Å². The molecule has 130 valence electrons. The van der Waals surface area contributed by atoms with Crippen molar-refractivity contribution in [2.75, 3.05) is 6.61 Å². The number of alkyl halides is 3. The highest BCUT2D eigenvalue weighted by Gasteiger charge is 2.39. The Hall–Kier alpha value is -0.623. The van der Waals surface area contributed by atoms with Gasteiger partial charge < -0.3 is 14.3 Å². The smallest absolute Gasteiger partial charge is 0.338 e. The van der Waals surface area contributed by atoms with Crippen LogP contribution in [0.5, 0.6) is 11.5 Å². The highest BCUT2D eigenvalue weighted by molar-refractivity contribution is 6.74. The van der Waals surface area contributed by atoms with Crippen LogP contribution in [0.15, 0.2) is 18.2 Å². The first-order valence-electron chi connectivity index (χ1n) is 6.98. The van der Waals surface area contributed by atoms with Crippen molar-refractivity contribution < 1.29 is 19.1 Å². The molecule has 0 aliphatic carbocycles. The monoisotopic (exact) mass is 398 g/mol. The minimum Gasteiger partial charge on any atom is -0.543 e. The number of rotatable bonds is 4. The maximum atomic E-state index is 12.0. The van der Waals surface area contributed by atoms with Crippen molar-refractivity contribution in [3.63, 3.8) is 0 Å². The molecule has 0 atom stereocenters. The number of hydrogen-bond acceptors (Lipinski definition) is 4. The average Bonchev–Trinajstić information content (AvgIpc) is 2.32. The van der Waals surface area contributed by atoms with Crippen molar-refractivity contribution in [1.82, 2.24) is 0 Å². The number of aromatic hydroxyl groups is 1. The molecule has 1 aromatic rings. The van der Waals surface area contributed by atoms with Crippen LogP contribution in [0.1, 0.15) is 31.1 Å². The van der Waals surface area contributed by atoms with Gasteiger partial charge in [-0.2, -0.15) is 0 Å². The van der Waals surface area contributed by atoms with Crippen LogP contribution in [0.2, 0.25) is 18.1 Å². The maximum absolute atomic E-state index is 12.0. The van der Waals surface area contributed by atoms with E-state index in [1.165, 1.54) is 18.2 Å². The van der Waals surface area contributed by atoms with Crippen LogP contribution in [-0.4, -0.2) is 29.8 Å². The summed E-state index contributed by atoms with van der Waals surface area (Å²) in [6, 6.07) is 4.26. The van der Waals surface area contributed by atoms with Crippen LogP contribution in [0.3, 0.4) is 0 Å². The molecular weight excluding hydrogens is 379 g/mol. The van der Waals surface area contributed by atoms with Gasteiger partial charge in [0.25, 0.3) is 0 Å². The first kappa shape index (κ1) is 20.4. The molecule has 1 aromatic carbocycles. The van der Waals surface area contributed by atoms with Gasteiger partial charge in [0.05, 0.1) is 5.56 Å². The molecule has 0 saturated heterocycles. The van der Waals surface area contributed by atoms with Crippen molar-refractivity contribution in [3.8, 4) is 11.5 Å². The molecule has 0 radical (unpaired) electrons. The Morgan fingerprint density at radius 3 is 2.22 bits per heavy atom. The number of carbonyl (C=O) groups is 1. The molecule has 0 unspecified atom stereocenters. The zero-order valence-electron chi connectivity index (χ0n) is 13.7. The lowest BCUT2D eigenvalue weighted by Crippen LogP contribution is -2.43. The number of phenolic OH excluding ortho intramolecular Hbond substituents is 1. The van der Waals surface area contributed by atoms with Crippen molar-refractivity contribution in [1.29, 1.82) is 0 Å². The molecule has 0 amide bonds. The van der Waals surface area contributed by atoms with Crippen LogP contribution in [0, 0.1) is 0 Å². The van der Waals surface area contributed by atoms with Gasteiger partial charge in [0.15, 0.2) is 0 Å². The minimum absolute atomic E-state index is 0.0192.